The van der Waals surface area contributed by atoms with E-state index in [1.807, 2.05) is 27.7 Å². The van der Waals surface area contributed by atoms with Gasteiger partial charge in [-0.15, -0.1) is 0 Å². The summed E-state index contributed by atoms with van der Waals surface area (Å²) in [6.07, 6.45) is 4.29. The molecule has 1 heterocycles. The van der Waals surface area contributed by atoms with Crippen molar-refractivity contribution in [1.29, 1.82) is 5.26 Å². The van der Waals surface area contributed by atoms with Crippen molar-refractivity contribution in [2.75, 3.05) is 5.32 Å². The van der Waals surface area contributed by atoms with E-state index in [4.69, 9.17) is 5.26 Å². The first kappa shape index (κ1) is 16.2. The SMILES string of the molecule is CC(C)Nc1cnn(CCCCC(C)(C)C#N)c(=O)c1. The van der Waals surface area contributed by atoms with Crippen LogP contribution in [0.2, 0.25) is 0 Å². The molecule has 5 nitrogen and oxygen atoms in total. The van der Waals surface area contributed by atoms with Crippen molar-refractivity contribution >= 4 is 5.69 Å². The third kappa shape index (κ3) is 5.43. The average molecular weight is 276 g/mol. The molecule has 5 heteroatoms. The van der Waals surface area contributed by atoms with E-state index in [9.17, 15) is 4.79 Å². The van der Waals surface area contributed by atoms with Crippen LogP contribution in [-0.4, -0.2) is 15.8 Å². The Hall–Kier alpha value is -1.83. The highest BCUT2D eigenvalue weighted by Crippen LogP contribution is 2.21. The van der Waals surface area contributed by atoms with Crippen LogP contribution >= 0.6 is 0 Å². The maximum Gasteiger partial charge on any atom is 0.268 e. The Bertz CT molecular complexity index is 525. The predicted octanol–water partition coefficient (Wildman–Crippen LogP) is 2.78. The number of nitrogens with one attached hydrogen (secondary N) is 1. The Kier molecular flexibility index (Phi) is 5.75. The Balaban J connectivity index is 2.50. The van der Waals surface area contributed by atoms with Crippen LogP contribution in [0.1, 0.15) is 47.0 Å². The van der Waals surface area contributed by atoms with Gasteiger partial charge in [0, 0.05) is 18.7 Å². The molecule has 0 spiro atoms. The van der Waals surface area contributed by atoms with Crippen LogP contribution in [0.15, 0.2) is 17.1 Å². The van der Waals surface area contributed by atoms with Gasteiger partial charge in [-0.1, -0.05) is 6.42 Å². The van der Waals surface area contributed by atoms with Crippen molar-refractivity contribution < 1.29 is 0 Å². The summed E-state index contributed by atoms with van der Waals surface area (Å²) in [5.41, 5.74) is 0.380. The molecule has 110 valence electrons. The molecule has 0 amide bonds. The molecule has 0 aromatic carbocycles. The number of aryl methyl sites for hydroxylation is 1. The van der Waals surface area contributed by atoms with E-state index in [2.05, 4.69) is 16.5 Å². The molecule has 0 radical (unpaired) electrons. The quantitative estimate of drug-likeness (QED) is 0.777. The first-order chi connectivity index (χ1) is 9.34. The van der Waals surface area contributed by atoms with Gasteiger partial charge >= 0.3 is 0 Å². The second-order valence-corrected chi connectivity index (χ2v) is 6.06. The van der Waals surface area contributed by atoms with E-state index in [-0.39, 0.29) is 17.0 Å². The molecular formula is C15H24N4O. The molecule has 0 bridgehead atoms. The van der Waals surface area contributed by atoms with Gasteiger partial charge < -0.3 is 5.32 Å². The number of nitriles is 1. The smallest absolute Gasteiger partial charge is 0.268 e. The van der Waals surface area contributed by atoms with Gasteiger partial charge in [-0.3, -0.25) is 4.79 Å². The summed E-state index contributed by atoms with van der Waals surface area (Å²) < 4.78 is 1.48. The summed E-state index contributed by atoms with van der Waals surface area (Å²) in [7, 11) is 0. The van der Waals surface area contributed by atoms with Gasteiger partial charge in [0.25, 0.3) is 5.56 Å². The first-order valence-corrected chi connectivity index (χ1v) is 7.09. The second kappa shape index (κ2) is 7.09. The molecule has 1 aromatic rings. The minimum absolute atomic E-state index is 0.0878. The summed E-state index contributed by atoms with van der Waals surface area (Å²) in [5.74, 6) is 0. The Morgan fingerprint density at radius 1 is 1.45 bits per heavy atom. The lowest BCUT2D eigenvalue weighted by Crippen LogP contribution is -2.23. The van der Waals surface area contributed by atoms with E-state index in [0.29, 0.717) is 6.54 Å². The van der Waals surface area contributed by atoms with E-state index in [1.54, 1.807) is 12.3 Å². The molecule has 1 N–H and O–H groups in total. The lowest BCUT2D eigenvalue weighted by atomic mass is 9.89. The molecule has 1 aromatic heterocycles. The fraction of sp³-hybridized carbons (Fsp3) is 0.667. The fourth-order valence-corrected chi connectivity index (χ4v) is 1.90. The zero-order valence-corrected chi connectivity index (χ0v) is 12.8. The summed E-state index contributed by atoms with van der Waals surface area (Å²) >= 11 is 0. The van der Waals surface area contributed by atoms with Crippen molar-refractivity contribution in [3.8, 4) is 6.07 Å². The number of rotatable bonds is 7. The van der Waals surface area contributed by atoms with Crippen molar-refractivity contribution in [3.63, 3.8) is 0 Å². The van der Waals surface area contributed by atoms with Crippen LogP contribution in [0, 0.1) is 16.7 Å². The topological polar surface area (TPSA) is 70.7 Å². The lowest BCUT2D eigenvalue weighted by Gasteiger charge is -2.14. The molecule has 0 unspecified atom stereocenters. The van der Waals surface area contributed by atoms with Crippen LogP contribution in [0.4, 0.5) is 5.69 Å². The second-order valence-electron chi connectivity index (χ2n) is 6.06. The molecule has 0 saturated heterocycles. The molecule has 0 aliphatic heterocycles. The summed E-state index contributed by atoms with van der Waals surface area (Å²) in [6, 6.07) is 4.14. The lowest BCUT2D eigenvalue weighted by molar-refractivity contribution is 0.408. The maximum atomic E-state index is 11.9. The third-order valence-corrected chi connectivity index (χ3v) is 3.05. The van der Waals surface area contributed by atoms with Crippen molar-refractivity contribution in [3.05, 3.63) is 22.6 Å². The standard InChI is InChI=1S/C15H24N4O/c1-12(2)18-13-9-14(20)19(17-10-13)8-6-5-7-15(3,4)11-16/h9-10,12,18H,5-8H2,1-4H3. The van der Waals surface area contributed by atoms with Crippen molar-refractivity contribution in [2.45, 2.75) is 59.5 Å². The van der Waals surface area contributed by atoms with Gasteiger partial charge in [0.15, 0.2) is 0 Å². The molecule has 0 aliphatic carbocycles. The van der Waals surface area contributed by atoms with Crippen LogP contribution in [0.25, 0.3) is 0 Å². The zero-order valence-electron chi connectivity index (χ0n) is 12.8. The molecule has 1 rings (SSSR count). The molecule has 0 atom stereocenters. The van der Waals surface area contributed by atoms with Crippen LogP contribution in [0.5, 0.6) is 0 Å². The number of unbranched alkanes of at least 4 members (excludes halogenated alkanes) is 1. The van der Waals surface area contributed by atoms with Gasteiger partial charge in [-0.05, 0) is 40.5 Å². The predicted molar refractivity (Wildman–Crippen MR) is 80.5 cm³/mol. The van der Waals surface area contributed by atoms with Crippen LogP contribution < -0.4 is 10.9 Å². The van der Waals surface area contributed by atoms with Gasteiger partial charge in [-0.2, -0.15) is 10.4 Å². The Labute approximate surface area is 120 Å². The van der Waals surface area contributed by atoms with E-state index in [0.717, 1.165) is 24.9 Å². The maximum absolute atomic E-state index is 11.9. The highest BCUT2D eigenvalue weighted by Gasteiger charge is 2.15. The van der Waals surface area contributed by atoms with Crippen LogP contribution in [-0.2, 0) is 6.54 Å². The summed E-state index contributed by atoms with van der Waals surface area (Å²) in [6.45, 7) is 8.50. The number of anilines is 1. The largest absolute Gasteiger partial charge is 0.381 e. The summed E-state index contributed by atoms with van der Waals surface area (Å²) in [4.78, 5) is 11.9. The number of hydrogen-bond acceptors (Lipinski definition) is 4. The van der Waals surface area contributed by atoms with Gasteiger partial charge in [0.05, 0.1) is 23.4 Å². The number of nitrogens with zero attached hydrogens (tertiary/aromatic N) is 3. The minimum atomic E-state index is -0.288. The van der Waals surface area contributed by atoms with Crippen molar-refractivity contribution in [2.24, 2.45) is 5.41 Å². The van der Waals surface area contributed by atoms with E-state index < -0.39 is 0 Å². The van der Waals surface area contributed by atoms with E-state index in [1.165, 1.54) is 4.68 Å². The zero-order chi connectivity index (χ0) is 15.2. The molecule has 20 heavy (non-hydrogen) atoms. The monoisotopic (exact) mass is 276 g/mol. The summed E-state index contributed by atoms with van der Waals surface area (Å²) in [5, 5.41) is 16.3. The third-order valence-electron chi connectivity index (χ3n) is 3.05. The fourth-order valence-electron chi connectivity index (χ4n) is 1.90. The molecular weight excluding hydrogens is 252 g/mol. The first-order valence-electron chi connectivity index (χ1n) is 7.09. The van der Waals surface area contributed by atoms with Crippen LogP contribution in [0.3, 0.4) is 0 Å². The molecule has 0 fully saturated rings. The minimum Gasteiger partial charge on any atom is -0.381 e. The Morgan fingerprint density at radius 2 is 2.15 bits per heavy atom. The van der Waals surface area contributed by atoms with Crippen molar-refractivity contribution in [1.82, 2.24) is 9.78 Å². The van der Waals surface area contributed by atoms with E-state index >= 15 is 0 Å². The highest BCUT2D eigenvalue weighted by molar-refractivity contribution is 5.39. The average Bonchev–Trinajstić information content (AvgIpc) is 2.36. The number of hydrogen-bond donors (Lipinski definition) is 1. The Morgan fingerprint density at radius 3 is 2.70 bits per heavy atom. The highest BCUT2D eigenvalue weighted by atomic mass is 16.1. The molecule has 0 aliphatic rings. The van der Waals surface area contributed by atoms with Gasteiger partial charge in [-0.25, -0.2) is 4.68 Å². The number of aromatic nitrogens is 2. The normalized spacial score (nSPS) is 11.4. The van der Waals surface area contributed by atoms with Gasteiger partial charge in [0.1, 0.15) is 0 Å². The van der Waals surface area contributed by atoms with Gasteiger partial charge in [0.2, 0.25) is 0 Å². The molecule has 0 saturated carbocycles.